The number of hydrogen-bond donors (Lipinski definition) is 2. The number of rotatable bonds is 2. The molecule has 0 saturated heterocycles. The minimum Gasteiger partial charge on any atom is -0.508 e. The van der Waals surface area contributed by atoms with Crippen molar-refractivity contribution in [2.24, 2.45) is 0 Å². The lowest BCUT2D eigenvalue weighted by Crippen LogP contribution is -2.12. The predicted octanol–water partition coefficient (Wildman–Crippen LogP) is 8.42. The summed E-state index contributed by atoms with van der Waals surface area (Å²) in [5.74, 6) is 1.86. The summed E-state index contributed by atoms with van der Waals surface area (Å²) < 4.78 is 6.64. The molecule has 0 spiro atoms. The van der Waals surface area contributed by atoms with Crippen molar-refractivity contribution in [3.05, 3.63) is 125 Å². The van der Waals surface area contributed by atoms with Crippen LogP contribution in [-0.2, 0) is 0 Å². The van der Waals surface area contributed by atoms with Crippen LogP contribution in [0.4, 0.5) is 0 Å². The highest BCUT2D eigenvalue weighted by atomic mass is 16.5. The number of allylic oxidation sites excluding steroid dienone is 4. The molecule has 2 aliphatic rings. The zero-order valence-corrected chi connectivity index (χ0v) is 19.6. The van der Waals surface area contributed by atoms with Gasteiger partial charge in [-0.2, -0.15) is 0 Å². The van der Waals surface area contributed by atoms with Crippen molar-refractivity contribution in [1.29, 1.82) is 0 Å². The number of fused-ring (bicyclic) bond motifs is 6. The van der Waals surface area contributed by atoms with Crippen LogP contribution in [0.25, 0.3) is 27.1 Å². The molecule has 0 unspecified atom stereocenters. The Morgan fingerprint density at radius 3 is 1.78 bits per heavy atom. The van der Waals surface area contributed by atoms with Crippen LogP contribution in [0.15, 0.2) is 103 Å². The fourth-order valence-electron chi connectivity index (χ4n) is 5.60. The topological polar surface area (TPSA) is 49.7 Å². The molecule has 174 valence electrons. The quantitative estimate of drug-likeness (QED) is 0.268. The second kappa shape index (κ2) is 8.03. The second-order valence-corrected chi connectivity index (χ2v) is 9.57. The smallest absolute Gasteiger partial charge is 0.139 e. The van der Waals surface area contributed by atoms with Gasteiger partial charge in [0.1, 0.15) is 23.0 Å². The Morgan fingerprint density at radius 1 is 0.639 bits per heavy atom. The van der Waals surface area contributed by atoms with Crippen LogP contribution in [-0.4, -0.2) is 10.2 Å². The number of benzene rings is 5. The first-order valence-electron chi connectivity index (χ1n) is 12.3. The summed E-state index contributed by atoms with van der Waals surface area (Å²) in [6.07, 6.45) is 8.91. The monoisotopic (exact) mass is 468 g/mol. The molecule has 0 saturated carbocycles. The van der Waals surface area contributed by atoms with Crippen molar-refractivity contribution in [3.8, 4) is 23.0 Å². The van der Waals surface area contributed by atoms with Crippen LogP contribution in [0.2, 0.25) is 0 Å². The number of phenols is 2. The minimum absolute atomic E-state index is 0.0489. The molecule has 7 rings (SSSR count). The molecular formula is C33H24O3. The molecule has 0 aromatic heterocycles. The lowest BCUT2D eigenvalue weighted by molar-refractivity contribution is 0.460. The number of hydrogen-bond acceptors (Lipinski definition) is 3. The zero-order chi connectivity index (χ0) is 24.2. The van der Waals surface area contributed by atoms with E-state index in [1.165, 1.54) is 16.7 Å². The van der Waals surface area contributed by atoms with Gasteiger partial charge in [-0.25, -0.2) is 0 Å². The maximum absolute atomic E-state index is 10.3. The summed E-state index contributed by atoms with van der Waals surface area (Å²) in [4.78, 5) is 0. The average Bonchev–Trinajstić information content (AvgIpc) is 2.92. The van der Waals surface area contributed by atoms with E-state index in [9.17, 15) is 10.2 Å². The van der Waals surface area contributed by atoms with E-state index in [-0.39, 0.29) is 17.4 Å². The summed E-state index contributed by atoms with van der Waals surface area (Å²) in [7, 11) is 0. The Kier molecular flexibility index (Phi) is 4.65. The normalized spacial score (nSPS) is 14.8. The third-order valence-corrected chi connectivity index (χ3v) is 7.37. The Labute approximate surface area is 209 Å². The molecule has 1 heterocycles. The van der Waals surface area contributed by atoms with E-state index in [1.54, 1.807) is 24.3 Å². The van der Waals surface area contributed by atoms with Crippen LogP contribution in [0, 0.1) is 0 Å². The molecule has 36 heavy (non-hydrogen) atoms. The Balaban J connectivity index is 1.47. The van der Waals surface area contributed by atoms with E-state index in [0.717, 1.165) is 57.0 Å². The summed E-state index contributed by atoms with van der Waals surface area (Å²) in [5.41, 5.74) is 5.77. The predicted molar refractivity (Wildman–Crippen MR) is 145 cm³/mol. The first kappa shape index (κ1) is 20.8. The van der Waals surface area contributed by atoms with E-state index in [4.69, 9.17) is 4.74 Å². The number of aromatic hydroxyl groups is 2. The van der Waals surface area contributed by atoms with Gasteiger partial charge >= 0.3 is 0 Å². The summed E-state index contributed by atoms with van der Waals surface area (Å²) in [6, 6.07) is 28.0. The van der Waals surface area contributed by atoms with Crippen molar-refractivity contribution < 1.29 is 14.9 Å². The average molecular weight is 469 g/mol. The molecule has 0 fully saturated rings. The van der Waals surface area contributed by atoms with Crippen molar-refractivity contribution >= 4 is 27.1 Å². The first-order chi connectivity index (χ1) is 17.7. The maximum Gasteiger partial charge on any atom is 0.139 e. The Hall–Kier alpha value is -4.50. The fourth-order valence-corrected chi connectivity index (χ4v) is 5.60. The van der Waals surface area contributed by atoms with Gasteiger partial charge in [-0.05, 0) is 64.6 Å². The molecule has 0 atom stereocenters. The number of ether oxygens (including phenoxy) is 1. The van der Waals surface area contributed by atoms with Crippen LogP contribution in [0.3, 0.4) is 0 Å². The van der Waals surface area contributed by atoms with E-state index in [0.29, 0.717) is 0 Å². The molecule has 5 aromatic carbocycles. The Bertz CT molecular complexity index is 1630. The maximum atomic E-state index is 10.3. The van der Waals surface area contributed by atoms with Crippen molar-refractivity contribution in [3.63, 3.8) is 0 Å². The van der Waals surface area contributed by atoms with Gasteiger partial charge in [0.15, 0.2) is 0 Å². The lowest BCUT2D eigenvalue weighted by Gasteiger charge is -2.31. The largest absolute Gasteiger partial charge is 0.508 e. The SMILES string of the molecule is Oc1ccc2ccc3c(c2c1)Oc1c(ccc2ccc(O)cc12)C3c1ccc(C2=CCCC=C2)cc1. The molecule has 5 aromatic rings. The minimum atomic E-state index is -0.0489. The van der Waals surface area contributed by atoms with Gasteiger partial charge in [-0.1, -0.05) is 78.9 Å². The third kappa shape index (κ3) is 3.28. The van der Waals surface area contributed by atoms with Crippen LogP contribution >= 0.6 is 0 Å². The highest BCUT2D eigenvalue weighted by Crippen LogP contribution is 2.52. The van der Waals surface area contributed by atoms with Gasteiger partial charge in [-0.15, -0.1) is 0 Å². The number of phenolic OH excluding ortho intramolecular Hbond substituents is 2. The molecule has 1 aliphatic carbocycles. The van der Waals surface area contributed by atoms with Gasteiger partial charge < -0.3 is 14.9 Å². The fraction of sp³-hybridized carbons (Fsp3) is 0.0909. The molecule has 0 bridgehead atoms. The van der Waals surface area contributed by atoms with E-state index in [2.05, 4.69) is 66.8 Å². The van der Waals surface area contributed by atoms with Crippen molar-refractivity contribution in [2.45, 2.75) is 18.8 Å². The molecular weight excluding hydrogens is 444 g/mol. The van der Waals surface area contributed by atoms with Crippen LogP contribution < -0.4 is 4.74 Å². The van der Waals surface area contributed by atoms with Gasteiger partial charge in [0.25, 0.3) is 0 Å². The molecule has 3 nitrogen and oxygen atoms in total. The first-order valence-corrected chi connectivity index (χ1v) is 12.3. The standard InChI is InChI=1S/C33H24O3/c34-25-14-10-22-12-16-27-31(24-8-6-21(7-9-24)20-4-2-1-3-5-20)28-17-13-23-11-15-26(35)19-30(23)33(28)36-32(27)29(22)18-25/h2,4-19,31,34-35H,1,3H2. The molecule has 3 heteroatoms. The van der Waals surface area contributed by atoms with E-state index < -0.39 is 0 Å². The second-order valence-electron chi connectivity index (χ2n) is 9.57. The lowest BCUT2D eigenvalue weighted by atomic mass is 9.80. The molecule has 0 amide bonds. The van der Waals surface area contributed by atoms with Crippen molar-refractivity contribution in [2.75, 3.05) is 0 Å². The van der Waals surface area contributed by atoms with Gasteiger partial charge in [0.2, 0.25) is 0 Å². The van der Waals surface area contributed by atoms with Crippen LogP contribution in [0.1, 0.15) is 41.0 Å². The molecule has 2 N–H and O–H groups in total. The highest BCUT2D eigenvalue weighted by Gasteiger charge is 2.31. The summed E-state index contributed by atoms with van der Waals surface area (Å²) in [5, 5.41) is 24.3. The molecule has 1 aliphatic heterocycles. The van der Waals surface area contributed by atoms with E-state index in [1.807, 2.05) is 12.1 Å². The van der Waals surface area contributed by atoms with E-state index >= 15 is 0 Å². The summed E-state index contributed by atoms with van der Waals surface area (Å²) >= 11 is 0. The zero-order valence-electron chi connectivity index (χ0n) is 19.6. The van der Waals surface area contributed by atoms with Gasteiger partial charge in [0.05, 0.1) is 0 Å². The third-order valence-electron chi connectivity index (χ3n) is 7.37. The highest BCUT2D eigenvalue weighted by molar-refractivity contribution is 5.96. The van der Waals surface area contributed by atoms with Crippen molar-refractivity contribution in [1.82, 2.24) is 0 Å². The van der Waals surface area contributed by atoms with Gasteiger partial charge in [-0.3, -0.25) is 0 Å². The summed E-state index contributed by atoms with van der Waals surface area (Å²) in [6.45, 7) is 0. The Morgan fingerprint density at radius 2 is 1.22 bits per heavy atom. The van der Waals surface area contributed by atoms with Gasteiger partial charge in [0, 0.05) is 27.8 Å². The van der Waals surface area contributed by atoms with Crippen LogP contribution in [0.5, 0.6) is 23.0 Å². The molecule has 0 radical (unpaired) electrons.